The third-order valence-electron chi connectivity index (χ3n) is 3.67. The molecular weight excluding hydrogens is 391 g/mol. The van der Waals surface area contributed by atoms with Crippen molar-refractivity contribution in [1.82, 2.24) is 5.32 Å². The summed E-state index contributed by atoms with van der Waals surface area (Å²) in [7, 11) is 0. The van der Waals surface area contributed by atoms with Gasteiger partial charge in [0, 0.05) is 15.6 Å². The van der Waals surface area contributed by atoms with Gasteiger partial charge < -0.3 is 10.1 Å². The molecule has 1 amide bonds. The molecule has 2 aromatic rings. The minimum absolute atomic E-state index is 0.212. The van der Waals surface area contributed by atoms with Gasteiger partial charge in [-0.1, -0.05) is 29.3 Å². The van der Waals surface area contributed by atoms with E-state index < -0.39 is 0 Å². The Morgan fingerprint density at radius 3 is 2.85 bits per heavy atom. The van der Waals surface area contributed by atoms with Crippen LogP contribution in [-0.4, -0.2) is 17.7 Å². The predicted octanol–water partition coefficient (Wildman–Crippen LogP) is 5.59. The monoisotopic (exact) mass is 406 g/mol. The number of aliphatic imine (C=N–C) groups is 1. The van der Waals surface area contributed by atoms with Crippen LogP contribution in [0.5, 0.6) is 5.75 Å². The lowest BCUT2D eigenvalue weighted by Gasteiger charge is -2.07. The van der Waals surface area contributed by atoms with Crippen molar-refractivity contribution < 1.29 is 9.53 Å². The average Bonchev–Trinajstić information content (AvgIpc) is 2.94. The van der Waals surface area contributed by atoms with Crippen molar-refractivity contribution in [2.24, 2.45) is 4.99 Å². The molecule has 3 rings (SSSR count). The van der Waals surface area contributed by atoms with Crippen molar-refractivity contribution in [3.8, 4) is 5.75 Å². The Morgan fingerprint density at radius 2 is 2.08 bits per heavy atom. The lowest BCUT2D eigenvalue weighted by molar-refractivity contribution is -0.115. The van der Waals surface area contributed by atoms with E-state index in [9.17, 15) is 4.79 Å². The molecule has 1 saturated heterocycles. The number of carbonyl (C=O) groups is 1. The summed E-state index contributed by atoms with van der Waals surface area (Å²) in [4.78, 5) is 17.3. The fourth-order valence-corrected chi connectivity index (χ4v) is 3.54. The third kappa shape index (κ3) is 4.23. The van der Waals surface area contributed by atoms with Gasteiger partial charge in [0.1, 0.15) is 5.75 Å². The lowest BCUT2D eigenvalue weighted by Crippen LogP contribution is -2.19. The van der Waals surface area contributed by atoms with Gasteiger partial charge >= 0.3 is 0 Å². The van der Waals surface area contributed by atoms with Gasteiger partial charge in [0.05, 0.1) is 17.2 Å². The summed E-state index contributed by atoms with van der Waals surface area (Å²) in [6, 6.07) is 10.8. The van der Waals surface area contributed by atoms with Gasteiger partial charge in [-0.2, -0.15) is 0 Å². The Hall–Kier alpha value is -1.95. The number of rotatable bonds is 4. The van der Waals surface area contributed by atoms with Crippen LogP contribution in [0.3, 0.4) is 0 Å². The summed E-state index contributed by atoms with van der Waals surface area (Å²) in [6.07, 6.45) is 1.75. The molecule has 1 aliphatic rings. The molecule has 0 atom stereocenters. The van der Waals surface area contributed by atoms with Crippen LogP contribution in [0.15, 0.2) is 46.3 Å². The van der Waals surface area contributed by atoms with Crippen molar-refractivity contribution >= 4 is 57.8 Å². The van der Waals surface area contributed by atoms with Gasteiger partial charge in [-0.25, -0.2) is 4.99 Å². The van der Waals surface area contributed by atoms with Crippen molar-refractivity contribution in [2.45, 2.75) is 13.8 Å². The van der Waals surface area contributed by atoms with Crippen LogP contribution in [0.1, 0.15) is 18.1 Å². The second kappa shape index (κ2) is 8.16. The first-order valence-corrected chi connectivity index (χ1v) is 9.52. The minimum Gasteiger partial charge on any atom is -0.493 e. The van der Waals surface area contributed by atoms with Crippen LogP contribution in [0.2, 0.25) is 10.0 Å². The molecule has 134 valence electrons. The molecule has 1 N–H and O–H groups in total. The van der Waals surface area contributed by atoms with Crippen LogP contribution in [0.25, 0.3) is 6.08 Å². The fraction of sp³-hybridized carbons (Fsp3) is 0.158. The zero-order chi connectivity index (χ0) is 18.7. The van der Waals surface area contributed by atoms with Crippen LogP contribution in [-0.2, 0) is 4.79 Å². The number of amides is 1. The molecule has 1 aliphatic heterocycles. The number of halogens is 2. The number of thioether (sulfide) groups is 1. The summed E-state index contributed by atoms with van der Waals surface area (Å²) >= 11 is 13.5. The second-order valence-corrected chi connectivity index (χ2v) is 7.36. The molecule has 0 aliphatic carbocycles. The van der Waals surface area contributed by atoms with E-state index in [0.717, 1.165) is 16.8 Å². The Kier molecular flexibility index (Phi) is 5.91. The van der Waals surface area contributed by atoms with E-state index in [4.69, 9.17) is 27.9 Å². The van der Waals surface area contributed by atoms with Gasteiger partial charge in [0.15, 0.2) is 5.17 Å². The molecule has 1 fully saturated rings. The number of nitrogens with zero attached hydrogens (tertiary/aromatic N) is 1. The van der Waals surface area contributed by atoms with Crippen molar-refractivity contribution in [1.29, 1.82) is 0 Å². The van der Waals surface area contributed by atoms with Gasteiger partial charge in [-0.15, -0.1) is 0 Å². The zero-order valence-electron chi connectivity index (χ0n) is 14.2. The Labute approximate surface area is 166 Å². The fourth-order valence-electron chi connectivity index (χ4n) is 2.37. The number of benzene rings is 2. The van der Waals surface area contributed by atoms with Crippen LogP contribution in [0.4, 0.5) is 5.69 Å². The maximum absolute atomic E-state index is 12.3. The normalized spacial score (nSPS) is 17.0. The second-order valence-electron chi connectivity index (χ2n) is 5.48. The Bertz CT molecular complexity index is 926. The quantitative estimate of drug-likeness (QED) is 0.672. The van der Waals surface area contributed by atoms with Crippen LogP contribution < -0.4 is 10.1 Å². The van der Waals surface area contributed by atoms with E-state index in [1.807, 2.05) is 26.0 Å². The van der Waals surface area contributed by atoms with Crippen LogP contribution in [0, 0.1) is 6.92 Å². The van der Waals surface area contributed by atoms with E-state index in [-0.39, 0.29) is 5.91 Å². The predicted molar refractivity (Wildman–Crippen MR) is 110 cm³/mol. The topological polar surface area (TPSA) is 50.7 Å². The van der Waals surface area contributed by atoms with E-state index in [1.165, 1.54) is 11.8 Å². The summed E-state index contributed by atoms with van der Waals surface area (Å²) in [5.74, 6) is 0.463. The molecule has 0 bridgehead atoms. The molecule has 2 aromatic carbocycles. The number of amidine groups is 1. The largest absolute Gasteiger partial charge is 0.493 e. The molecule has 4 nitrogen and oxygen atoms in total. The Balaban J connectivity index is 1.91. The van der Waals surface area contributed by atoms with Crippen molar-refractivity contribution in [3.63, 3.8) is 0 Å². The molecule has 0 aromatic heterocycles. The molecule has 0 radical (unpaired) electrons. The highest BCUT2D eigenvalue weighted by Gasteiger charge is 2.24. The highest BCUT2D eigenvalue weighted by atomic mass is 35.5. The smallest absolute Gasteiger partial charge is 0.264 e. The first-order chi connectivity index (χ1) is 12.5. The van der Waals surface area contributed by atoms with Gasteiger partial charge in [-0.05, 0) is 67.6 Å². The summed E-state index contributed by atoms with van der Waals surface area (Å²) in [5, 5.41) is 4.49. The molecule has 7 heteroatoms. The van der Waals surface area contributed by atoms with Crippen molar-refractivity contribution in [2.75, 3.05) is 6.61 Å². The first kappa shape index (κ1) is 18.8. The van der Waals surface area contributed by atoms with E-state index in [0.29, 0.717) is 32.5 Å². The maximum Gasteiger partial charge on any atom is 0.264 e. The van der Waals surface area contributed by atoms with E-state index >= 15 is 0 Å². The molecule has 1 heterocycles. The highest BCUT2D eigenvalue weighted by Crippen LogP contribution is 2.33. The van der Waals surface area contributed by atoms with Crippen molar-refractivity contribution in [3.05, 3.63) is 62.5 Å². The van der Waals surface area contributed by atoms with Gasteiger partial charge in [-0.3, -0.25) is 4.79 Å². The number of hydrogen-bond acceptors (Lipinski definition) is 4. The molecular formula is C19H16Cl2N2O2S. The Morgan fingerprint density at radius 1 is 1.27 bits per heavy atom. The number of ether oxygens (including phenoxy) is 1. The van der Waals surface area contributed by atoms with Gasteiger partial charge in [0.2, 0.25) is 0 Å². The summed E-state index contributed by atoms with van der Waals surface area (Å²) < 4.78 is 5.60. The number of hydrogen-bond donors (Lipinski definition) is 1. The number of nitrogens with one attached hydrogen (secondary N) is 1. The van der Waals surface area contributed by atoms with Gasteiger partial charge in [0.25, 0.3) is 5.91 Å². The zero-order valence-corrected chi connectivity index (χ0v) is 16.5. The van der Waals surface area contributed by atoms with Crippen LogP contribution >= 0.6 is 35.0 Å². The lowest BCUT2D eigenvalue weighted by atomic mass is 10.2. The standard InChI is InChI=1S/C19H16Cl2N2O2S/c1-3-25-16-8-7-13(20)9-12(16)10-17-18(24)23-19(26-17)22-15-6-4-5-14(21)11(15)2/h4-10H,3H2,1-2H3,(H,22,23,24)/b17-10-. The third-order valence-corrected chi connectivity index (χ3v) is 5.22. The number of carbonyl (C=O) groups excluding carboxylic acids is 1. The van der Waals surface area contributed by atoms with E-state index in [1.54, 1.807) is 30.3 Å². The average molecular weight is 407 g/mol. The van der Waals surface area contributed by atoms with E-state index in [2.05, 4.69) is 10.3 Å². The SMILES string of the molecule is CCOc1ccc(Cl)cc1/C=C1\SC(=Nc2cccc(Cl)c2C)NC1=O. The summed E-state index contributed by atoms with van der Waals surface area (Å²) in [6.45, 7) is 4.32. The molecule has 0 unspecified atom stereocenters. The first-order valence-electron chi connectivity index (χ1n) is 7.95. The minimum atomic E-state index is -0.212. The highest BCUT2D eigenvalue weighted by molar-refractivity contribution is 8.18. The maximum atomic E-state index is 12.3. The summed E-state index contributed by atoms with van der Waals surface area (Å²) in [5.41, 5.74) is 2.33. The molecule has 0 saturated carbocycles. The molecule has 0 spiro atoms. The molecule has 26 heavy (non-hydrogen) atoms.